The fraction of sp³-hybridized carbons (Fsp3) is 0.722. The van der Waals surface area contributed by atoms with E-state index in [9.17, 15) is 14.7 Å². The number of hydrogen-bond acceptors (Lipinski definition) is 7. The summed E-state index contributed by atoms with van der Waals surface area (Å²) in [6, 6.07) is 9.30. The Morgan fingerprint density at radius 3 is 2.49 bits per heavy atom. The minimum Gasteiger partial charge on any atom is -0.463 e. The Morgan fingerprint density at radius 2 is 1.77 bits per heavy atom. The van der Waals surface area contributed by atoms with E-state index in [2.05, 4.69) is 33.8 Å². The third kappa shape index (κ3) is 4.39. The first-order valence-electron chi connectivity index (χ1n) is 16.6. The molecule has 1 spiro atoms. The summed E-state index contributed by atoms with van der Waals surface area (Å²) in [6.07, 6.45) is 7.54. The van der Waals surface area contributed by atoms with Gasteiger partial charge in [-0.3, -0.25) is 4.79 Å². The minimum atomic E-state index is -1.03. The van der Waals surface area contributed by atoms with Gasteiger partial charge in [-0.1, -0.05) is 57.5 Å². The van der Waals surface area contributed by atoms with E-state index in [0.717, 1.165) is 38.5 Å². The van der Waals surface area contributed by atoms with Gasteiger partial charge in [0.15, 0.2) is 5.79 Å². The van der Waals surface area contributed by atoms with Crippen molar-refractivity contribution in [3.8, 4) is 0 Å². The largest absolute Gasteiger partial charge is 0.463 e. The Hall–Kier alpha value is -2.22. The fourth-order valence-corrected chi connectivity index (χ4v) is 10.9. The Labute approximate surface area is 255 Å². The number of carbonyl (C=O) groups excluding carboxylic acids is 2. The number of esters is 2. The van der Waals surface area contributed by atoms with Crippen LogP contribution in [0.25, 0.3) is 0 Å². The zero-order valence-electron chi connectivity index (χ0n) is 26.3. The molecule has 4 aliphatic carbocycles. The molecule has 5 fully saturated rings. The van der Waals surface area contributed by atoms with E-state index in [4.69, 9.17) is 18.9 Å². The number of hydrogen-bond donors (Lipinski definition) is 1. The smallest absolute Gasteiger partial charge is 0.338 e. The second kappa shape index (κ2) is 10.4. The molecule has 7 rings (SSSR count). The van der Waals surface area contributed by atoms with Crippen LogP contribution in [0.15, 0.2) is 42.0 Å². The maximum absolute atomic E-state index is 13.7. The summed E-state index contributed by atoms with van der Waals surface area (Å²) in [5.74, 6) is -0.0563. The van der Waals surface area contributed by atoms with Crippen LogP contribution in [-0.2, 0) is 23.7 Å². The molecule has 0 radical (unpaired) electrons. The van der Waals surface area contributed by atoms with E-state index in [0.29, 0.717) is 36.3 Å². The summed E-state index contributed by atoms with van der Waals surface area (Å²) in [7, 11) is 0. The molecule has 1 aromatic rings. The first kappa shape index (κ1) is 29.5. The van der Waals surface area contributed by atoms with E-state index in [-0.39, 0.29) is 53.4 Å². The average Bonchev–Trinajstić information content (AvgIpc) is 3.43. The second-order valence-electron chi connectivity index (χ2n) is 15.2. The van der Waals surface area contributed by atoms with Crippen molar-refractivity contribution < 1.29 is 33.6 Å². The molecule has 7 nitrogen and oxygen atoms in total. The van der Waals surface area contributed by atoms with Crippen molar-refractivity contribution in [1.82, 2.24) is 0 Å². The van der Waals surface area contributed by atoms with Gasteiger partial charge in [0.05, 0.1) is 18.3 Å². The number of rotatable bonds is 3. The van der Waals surface area contributed by atoms with Gasteiger partial charge in [0, 0.05) is 24.2 Å². The van der Waals surface area contributed by atoms with Gasteiger partial charge in [-0.15, -0.1) is 0 Å². The van der Waals surface area contributed by atoms with Crippen molar-refractivity contribution >= 4 is 11.9 Å². The van der Waals surface area contributed by atoms with Crippen LogP contribution in [-0.4, -0.2) is 53.9 Å². The monoisotopic (exact) mass is 592 g/mol. The molecule has 0 aromatic heterocycles. The van der Waals surface area contributed by atoms with E-state index < -0.39 is 17.3 Å². The highest BCUT2D eigenvalue weighted by atomic mass is 16.7. The van der Waals surface area contributed by atoms with Crippen LogP contribution in [0.3, 0.4) is 0 Å². The van der Waals surface area contributed by atoms with Crippen molar-refractivity contribution in [2.45, 2.75) is 110 Å². The summed E-state index contributed by atoms with van der Waals surface area (Å²) in [5.41, 5.74) is 1.59. The number of benzene rings is 1. The van der Waals surface area contributed by atoms with Crippen LogP contribution in [0.1, 0.15) is 89.9 Å². The number of aliphatic hydroxyl groups is 1. The summed E-state index contributed by atoms with van der Waals surface area (Å²) in [4.78, 5) is 25.4. The molecule has 234 valence electrons. The van der Waals surface area contributed by atoms with Crippen molar-refractivity contribution in [2.24, 2.45) is 46.3 Å². The number of aliphatic hydroxyl groups excluding tert-OH is 1. The van der Waals surface area contributed by atoms with E-state index >= 15 is 0 Å². The molecule has 2 heterocycles. The predicted octanol–water partition coefficient (Wildman–Crippen LogP) is 6.09. The molecule has 43 heavy (non-hydrogen) atoms. The summed E-state index contributed by atoms with van der Waals surface area (Å²) in [5, 5.41) is 11.3. The number of carbonyl (C=O) groups is 2. The zero-order valence-corrected chi connectivity index (χ0v) is 26.3. The number of fused-ring (bicyclic) bond motifs is 7. The molecule has 0 unspecified atom stereocenters. The molecule has 7 heteroatoms. The normalized spacial score (nSPS) is 48.4. The van der Waals surface area contributed by atoms with E-state index in [1.807, 2.05) is 30.3 Å². The Bertz CT molecular complexity index is 1290. The van der Waals surface area contributed by atoms with Crippen molar-refractivity contribution in [3.63, 3.8) is 0 Å². The number of ether oxygens (including phenoxy) is 4. The molecule has 1 aromatic carbocycles. The Kier molecular flexibility index (Phi) is 7.14. The molecule has 3 saturated carbocycles. The van der Waals surface area contributed by atoms with Gasteiger partial charge in [-0.05, 0) is 86.2 Å². The summed E-state index contributed by atoms with van der Waals surface area (Å²) in [6.45, 7) is 11.1. The van der Waals surface area contributed by atoms with Crippen molar-refractivity contribution in [1.29, 1.82) is 0 Å². The van der Waals surface area contributed by atoms with Crippen molar-refractivity contribution in [3.05, 3.63) is 47.5 Å². The van der Waals surface area contributed by atoms with Crippen LogP contribution < -0.4 is 0 Å². The second-order valence-corrected chi connectivity index (χ2v) is 15.2. The van der Waals surface area contributed by atoms with Gasteiger partial charge in [-0.25, -0.2) is 4.79 Å². The third-order valence-electron chi connectivity index (χ3n) is 13.0. The molecule has 6 aliphatic rings. The standard InChI is InChI=1S/C36H48O7/c1-20-15-30(38)36(40-19-20)21(2)32-29(43-36)17-28-26-12-11-24-16-25(41-22(3)37)13-14-34(24,4)27(26)18-31(35(28,32)5)42-33(39)23-9-7-6-8-10-23/h6-10,17,20-21,24-27,29-32,38H,11-16,18-19H2,1-5H3/t20-,21+,24+,25+,26-,27+,29+,30-,31-,32+,34+,35-,36+/m1/s1. The van der Waals surface area contributed by atoms with Crippen molar-refractivity contribution in [2.75, 3.05) is 6.61 Å². The van der Waals surface area contributed by atoms with Gasteiger partial charge in [0.1, 0.15) is 18.3 Å². The minimum absolute atomic E-state index is 0.00665. The maximum atomic E-state index is 13.7. The van der Waals surface area contributed by atoms with Gasteiger partial charge in [-0.2, -0.15) is 0 Å². The Morgan fingerprint density at radius 1 is 1.00 bits per heavy atom. The lowest BCUT2D eigenvalue weighted by Gasteiger charge is -2.61. The van der Waals surface area contributed by atoms with Gasteiger partial charge in [0.25, 0.3) is 0 Å². The molecular weight excluding hydrogens is 544 g/mol. The highest BCUT2D eigenvalue weighted by molar-refractivity contribution is 5.89. The van der Waals surface area contributed by atoms with Gasteiger partial charge < -0.3 is 24.1 Å². The molecule has 2 aliphatic heterocycles. The zero-order chi connectivity index (χ0) is 30.3. The first-order chi connectivity index (χ1) is 20.5. The van der Waals surface area contributed by atoms with Crippen LogP contribution in [0, 0.1) is 46.3 Å². The van der Waals surface area contributed by atoms with E-state index in [1.165, 1.54) is 12.5 Å². The van der Waals surface area contributed by atoms with Gasteiger partial charge in [0.2, 0.25) is 0 Å². The first-order valence-corrected chi connectivity index (χ1v) is 16.6. The lowest BCUT2D eigenvalue weighted by Crippen LogP contribution is -2.59. The quantitative estimate of drug-likeness (QED) is 0.335. The summed E-state index contributed by atoms with van der Waals surface area (Å²) >= 11 is 0. The van der Waals surface area contributed by atoms with E-state index in [1.54, 1.807) is 0 Å². The Balaban J connectivity index is 1.25. The predicted molar refractivity (Wildman–Crippen MR) is 160 cm³/mol. The highest BCUT2D eigenvalue weighted by Gasteiger charge is 2.71. The van der Waals surface area contributed by atoms with Crippen LogP contribution in [0.5, 0.6) is 0 Å². The third-order valence-corrected chi connectivity index (χ3v) is 13.0. The maximum Gasteiger partial charge on any atom is 0.338 e. The molecule has 1 N–H and O–H groups in total. The lowest BCUT2D eigenvalue weighted by atomic mass is 9.44. The molecule has 2 saturated heterocycles. The summed E-state index contributed by atoms with van der Waals surface area (Å²) < 4.78 is 25.5. The van der Waals surface area contributed by atoms with Crippen LogP contribution in [0.4, 0.5) is 0 Å². The average molecular weight is 593 g/mol. The molecule has 0 amide bonds. The highest BCUT2D eigenvalue weighted by Crippen LogP contribution is 2.70. The van der Waals surface area contributed by atoms with Crippen LogP contribution >= 0.6 is 0 Å². The van der Waals surface area contributed by atoms with Crippen LogP contribution in [0.2, 0.25) is 0 Å². The molecule has 13 atom stereocenters. The van der Waals surface area contributed by atoms with Gasteiger partial charge >= 0.3 is 11.9 Å². The molecular formula is C36H48O7. The molecule has 0 bridgehead atoms. The topological polar surface area (TPSA) is 91.3 Å². The lowest BCUT2D eigenvalue weighted by molar-refractivity contribution is -0.310. The SMILES string of the molecule is CC(=O)O[C@H]1CC[C@@]2(C)[C@@H](CC[C@H]3C4=C[C@@H]5O[C@@]6(OC[C@H](C)C[C@H]6O)[C@@H](C)[C@@H]5[C@@]4(C)[C@H](OC(=O)c4ccccc4)C[C@@H]32)C1. The fourth-order valence-electron chi connectivity index (χ4n) is 10.9.